The van der Waals surface area contributed by atoms with Crippen molar-refractivity contribution >= 4 is 29.1 Å². The summed E-state index contributed by atoms with van der Waals surface area (Å²) < 4.78 is 0. The van der Waals surface area contributed by atoms with E-state index in [4.69, 9.17) is 0 Å². The maximum atomic E-state index is 12.4. The summed E-state index contributed by atoms with van der Waals surface area (Å²) in [5, 5.41) is 8.67. The molecule has 6 heteroatoms. The van der Waals surface area contributed by atoms with Crippen LogP contribution in [0.4, 0.5) is 11.4 Å². The maximum absolute atomic E-state index is 12.4. The van der Waals surface area contributed by atoms with Gasteiger partial charge in [-0.2, -0.15) is 0 Å². The predicted molar refractivity (Wildman–Crippen MR) is 101 cm³/mol. The SMILES string of the molecule is CC(=O)Nc1cccc(NC(=O)C2CC2C(=O)NC2CCCCCC2)c1. The summed E-state index contributed by atoms with van der Waals surface area (Å²) >= 11 is 0. The molecule has 6 nitrogen and oxygen atoms in total. The Hall–Kier alpha value is -2.37. The van der Waals surface area contributed by atoms with Gasteiger partial charge in [0.25, 0.3) is 0 Å². The summed E-state index contributed by atoms with van der Waals surface area (Å²) in [4.78, 5) is 35.9. The number of rotatable bonds is 5. The van der Waals surface area contributed by atoms with Gasteiger partial charge in [-0.25, -0.2) is 0 Å². The van der Waals surface area contributed by atoms with Gasteiger partial charge in [0.15, 0.2) is 0 Å². The molecule has 2 saturated carbocycles. The number of hydrogen-bond acceptors (Lipinski definition) is 3. The maximum Gasteiger partial charge on any atom is 0.228 e. The second-order valence-electron chi connectivity index (χ2n) is 7.40. The van der Waals surface area contributed by atoms with E-state index in [9.17, 15) is 14.4 Å². The van der Waals surface area contributed by atoms with Gasteiger partial charge in [0.05, 0.1) is 11.8 Å². The molecule has 3 N–H and O–H groups in total. The van der Waals surface area contributed by atoms with Crippen LogP contribution in [0.5, 0.6) is 0 Å². The standard InChI is InChI=1S/C20H27N3O3/c1-13(24)21-15-9-6-10-16(11-15)23-20(26)18-12-17(18)19(25)22-14-7-4-2-3-5-8-14/h6,9-11,14,17-18H,2-5,7-8,12H2,1H3,(H,21,24)(H,22,25)(H,23,26). The summed E-state index contributed by atoms with van der Waals surface area (Å²) in [5.41, 5.74) is 1.25. The van der Waals surface area contributed by atoms with Crippen molar-refractivity contribution in [3.63, 3.8) is 0 Å². The zero-order chi connectivity index (χ0) is 18.5. The fraction of sp³-hybridized carbons (Fsp3) is 0.550. The van der Waals surface area contributed by atoms with Gasteiger partial charge in [-0.1, -0.05) is 31.7 Å². The molecule has 1 aromatic rings. The smallest absolute Gasteiger partial charge is 0.228 e. The average molecular weight is 357 g/mol. The molecule has 0 aromatic heterocycles. The number of hydrogen-bond donors (Lipinski definition) is 3. The summed E-state index contributed by atoms with van der Waals surface area (Å²) in [6.45, 7) is 1.44. The van der Waals surface area contributed by atoms with E-state index in [1.54, 1.807) is 24.3 Å². The molecule has 0 aliphatic heterocycles. The second kappa shape index (κ2) is 8.34. The number of carbonyl (C=O) groups excluding carboxylic acids is 3. The molecule has 2 aliphatic carbocycles. The molecule has 3 amide bonds. The lowest BCUT2D eigenvalue weighted by Crippen LogP contribution is -2.36. The third-order valence-electron chi connectivity index (χ3n) is 5.12. The highest BCUT2D eigenvalue weighted by atomic mass is 16.2. The van der Waals surface area contributed by atoms with E-state index in [2.05, 4.69) is 16.0 Å². The van der Waals surface area contributed by atoms with Crippen LogP contribution < -0.4 is 16.0 Å². The Morgan fingerprint density at radius 2 is 1.50 bits per heavy atom. The number of nitrogens with one attached hydrogen (secondary N) is 3. The molecule has 0 bridgehead atoms. The van der Waals surface area contributed by atoms with Crippen LogP contribution in [0.3, 0.4) is 0 Å². The molecule has 0 radical (unpaired) electrons. The van der Waals surface area contributed by atoms with Crippen LogP contribution in [0.2, 0.25) is 0 Å². The van der Waals surface area contributed by atoms with Crippen molar-refractivity contribution in [3.8, 4) is 0 Å². The summed E-state index contributed by atoms with van der Waals surface area (Å²) in [7, 11) is 0. The van der Waals surface area contributed by atoms with Gasteiger partial charge in [-0.15, -0.1) is 0 Å². The van der Waals surface area contributed by atoms with Crippen LogP contribution in [-0.4, -0.2) is 23.8 Å². The highest BCUT2D eigenvalue weighted by molar-refractivity contribution is 6.00. The van der Waals surface area contributed by atoms with Gasteiger partial charge in [0.1, 0.15) is 0 Å². The van der Waals surface area contributed by atoms with E-state index >= 15 is 0 Å². The van der Waals surface area contributed by atoms with Gasteiger partial charge in [-0.3, -0.25) is 14.4 Å². The lowest BCUT2D eigenvalue weighted by molar-refractivity contribution is -0.125. The summed E-state index contributed by atoms with van der Waals surface area (Å²) in [5.74, 6) is -0.747. The van der Waals surface area contributed by atoms with E-state index < -0.39 is 0 Å². The van der Waals surface area contributed by atoms with Gasteiger partial charge < -0.3 is 16.0 Å². The Morgan fingerprint density at radius 3 is 2.15 bits per heavy atom. The number of benzene rings is 1. The van der Waals surface area contributed by atoms with Crippen molar-refractivity contribution in [2.24, 2.45) is 11.8 Å². The Bertz CT molecular complexity index is 681. The number of amides is 3. The zero-order valence-electron chi connectivity index (χ0n) is 15.2. The first kappa shape index (κ1) is 18.4. The fourth-order valence-corrected chi connectivity index (χ4v) is 3.62. The van der Waals surface area contributed by atoms with Crippen molar-refractivity contribution in [2.45, 2.75) is 57.9 Å². The average Bonchev–Trinajstić information content (AvgIpc) is 3.39. The summed E-state index contributed by atoms with van der Waals surface area (Å²) in [6, 6.07) is 7.28. The van der Waals surface area contributed by atoms with E-state index in [-0.39, 0.29) is 35.6 Å². The van der Waals surface area contributed by atoms with Crippen LogP contribution in [0.1, 0.15) is 51.9 Å². The lowest BCUT2D eigenvalue weighted by Gasteiger charge is -2.16. The van der Waals surface area contributed by atoms with E-state index in [1.807, 2.05) is 0 Å². The van der Waals surface area contributed by atoms with Crippen LogP contribution in [0, 0.1) is 11.8 Å². The molecule has 26 heavy (non-hydrogen) atoms. The molecule has 0 heterocycles. The van der Waals surface area contributed by atoms with Crippen LogP contribution >= 0.6 is 0 Å². The molecule has 2 atom stereocenters. The van der Waals surface area contributed by atoms with Crippen molar-refractivity contribution in [1.82, 2.24) is 5.32 Å². The van der Waals surface area contributed by atoms with E-state index in [1.165, 1.54) is 32.6 Å². The van der Waals surface area contributed by atoms with Gasteiger partial charge in [0.2, 0.25) is 17.7 Å². The van der Waals surface area contributed by atoms with Crippen molar-refractivity contribution in [1.29, 1.82) is 0 Å². The third kappa shape index (κ3) is 5.07. The minimum atomic E-state index is -0.259. The minimum Gasteiger partial charge on any atom is -0.353 e. The van der Waals surface area contributed by atoms with Crippen LogP contribution in [0.25, 0.3) is 0 Å². The zero-order valence-corrected chi connectivity index (χ0v) is 15.2. The molecule has 1 aromatic carbocycles. The molecule has 2 fully saturated rings. The van der Waals surface area contributed by atoms with Crippen LogP contribution in [-0.2, 0) is 14.4 Å². The molecule has 140 valence electrons. The first-order valence-corrected chi connectivity index (χ1v) is 9.52. The molecular weight excluding hydrogens is 330 g/mol. The van der Waals surface area contributed by atoms with Crippen molar-refractivity contribution in [2.75, 3.05) is 10.6 Å². The third-order valence-corrected chi connectivity index (χ3v) is 5.12. The topological polar surface area (TPSA) is 87.3 Å². The Balaban J connectivity index is 1.49. The Kier molecular flexibility index (Phi) is 5.91. The highest BCUT2D eigenvalue weighted by Gasteiger charge is 2.48. The monoisotopic (exact) mass is 357 g/mol. The number of carbonyl (C=O) groups is 3. The van der Waals surface area contributed by atoms with E-state index in [0.717, 1.165) is 12.8 Å². The quantitative estimate of drug-likeness (QED) is 0.708. The summed E-state index contributed by atoms with van der Waals surface area (Å²) in [6.07, 6.45) is 7.54. The van der Waals surface area contributed by atoms with Crippen molar-refractivity contribution in [3.05, 3.63) is 24.3 Å². The van der Waals surface area contributed by atoms with Crippen LogP contribution in [0.15, 0.2) is 24.3 Å². The second-order valence-corrected chi connectivity index (χ2v) is 7.40. The van der Waals surface area contributed by atoms with Crippen molar-refractivity contribution < 1.29 is 14.4 Å². The van der Waals surface area contributed by atoms with Gasteiger partial charge in [-0.05, 0) is 37.5 Å². The van der Waals surface area contributed by atoms with Gasteiger partial charge in [0, 0.05) is 24.3 Å². The Morgan fingerprint density at radius 1 is 0.885 bits per heavy atom. The minimum absolute atomic E-state index is 0.0176. The first-order valence-electron chi connectivity index (χ1n) is 9.52. The number of anilines is 2. The lowest BCUT2D eigenvalue weighted by atomic mass is 10.1. The predicted octanol–water partition coefficient (Wildman–Crippen LogP) is 3.06. The first-order chi connectivity index (χ1) is 12.5. The largest absolute Gasteiger partial charge is 0.353 e. The fourth-order valence-electron chi connectivity index (χ4n) is 3.62. The molecule has 2 unspecified atom stereocenters. The normalized spacial score (nSPS) is 22.8. The molecule has 3 rings (SSSR count). The van der Waals surface area contributed by atoms with E-state index in [0.29, 0.717) is 17.8 Å². The Labute approximate surface area is 154 Å². The molecule has 0 saturated heterocycles. The van der Waals surface area contributed by atoms with Gasteiger partial charge >= 0.3 is 0 Å². The molecular formula is C20H27N3O3. The highest BCUT2D eigenvalue weighted by Crippen LogP contribution is 2.40. The molecule has 2 aliphatic rings. The molecule has 0 spiro atoms.